The first-order valence-electron chi connectivity index (χ1n) is 8.45. The van der Waals surface area contributed by atoms with Gasteiger partial charge in [0, 0.05) is 0 Å². The van der Waals surface area contributed by atoms with Gasteiger partial charge in [-0.15, -0.1) is 0 Å². The highest BCUT2D eigenvalue weighted by molar-refractivity contribution is 5.42. The molecule has 1 heteroatoms. The number of hydrogen-bond donors (Lipinski definition) is 0. The van der Waals surface area contributed by atoms with E-state index in [-0.39, 0.29) is 10.8 Å². The summed E-state index contributed by atoms with van der Waals surface area (Å²) in [6.07, 6.45) is 5.82. The lowest BCUT2D eigenvalue weighted by Crippen LogP contribution is -2.48. The Labute approximate surface area is 129 Å². The Morgan fingerprint density at radius 3 is 2.67 bits per heavy atom. The van der Waals surface area contributed by atoms with Gasteiger partial charge in [-0.25, -0.2) is 0 Å². The minimum absolute atomic E-state index is 0.137. The van der Waals surface area contributed by atoms with Crippen LogP contribution >= 0.6 is 0 Å². The molecule has 1 fully saturated rings. The van der Waals surface area contributed by atoms with Gasteiger partial charge in [-0.3, -0.25) is 0 Å². The second-order valence-corrected chi connectivity index (χ2v) is 7.96. The highest BCUT2D eigenvalue weighted by Gasteiger charge is 2.51. The number of benzene rings is 1. The number of rotatable bonds is 1. The lowest BCUT2D eigenvalue weighted by molar-refractivity contribution is 0.0688. The Bertz CT molecular complexity index is 594. The van der Waals surface area contributed by atoms with E-state index in [1.807, 2.05) is 0 Å². The Balaban J connectivity index is 2.08. The summed E-state index contributed by atoms with van der Waals surface area (Å²) >= 11 is 0. The van der Waals surface area contributed by atoms with E-state index in [0.717, 1.165) is 12.8 Å². The first kappa shape index (κ1) is 14.6. The molecule has 0 unspecified atom stereocenters. The summed E-state index contributed by atoms with van der Waals surface area (Å²) in [6, 6.07) is 9.79. The number of hydrogen-bond acceptors (Lipinski definition) is 1. The highest BCUT2D eigenvalue weighted by atomic mass is 14.6. The maximum Gasteiger partial charge on any atom is 0.0690 e. The zero-order valence-electron chi connectivity index (χ0n) is 13.9. The number of nitrogens with zero attached hydrogens (tertiary/aromatic N) is 1. The van der Waals surface area contributed by atoms with Crippen molar-refractivity contribution >= 4 is 0 Å². The fourth-order valence-electron chi connectivity index (χ4n) is 5.00. The van der Waals surface area contributed by atoms with Gasteiger partial charge in [0.2, 0.25) is 0 Å². The Morgan fingerprint density at radius 1 is 1.24 bits per heavy atom. The van der Waals surface area contributed by atoms with Crippen LogP contribution in [0.2, 0.25) is 0 Å². The molecular formula is C20H27N. The molecule has 3 atom stereocenters. The van der Waals surface area contributed by atoms with Crippen molar-refractivity contribution in [1.82, 2.24) is 0 Å². The second-order valence-electron chi connectivity index (χ2n) is 7.96. The summed E-state index contributed by atoms with van der Waals surface area (Å²) in [6.45, 7) is 9.15. The minimum Gasteiger partial charge on any atom is -0.198 e. The smallest absolute Gasteiger partial charge is 0.0690 e. The van der Waals surface area contributed by atoms with E-state index < -0.39 is 0 Å². The van der Waals surface area contributed by atoms with Gasteiger partial charge in [-0.1, -0.05) is 45.4 Å². The molecule has 1 aromatic carbocycles. The molecule has 2 aliphatic rings. The topological polar surface area (TPSA) is 23.8 Å². The molecule has 0 saturated heterocycles. The van der Waals surface area contributed by atoms with E-state index in [4.69, 9.17) is 0 Å². The lowest BCUT2D eigenvalue weighted by Gasteiger charge is -2.53. The molecule has 0 bridgehead atoms. The maximum atomic E-state index is 9.72. The minimum atomic E-state index is -0.137. The van der Waals surface area contributed by atoms with Crippen LogP contribution < -0.4 is 0 Å². The van der Waals surface area contributed by atoms with Crippen LogP contribution in [0.15, 0.2) is 18.2 Å². The molecule has 3 rings (SSSR count). The molecule has 1 saturated carbocycles. The summed E-state index contributed by atoms with van der Waals surface area (Å²) in [4.78, 5) is 0. The second kappa shape index (κ2) is 4.87. The average molecular weight is 281 g/mol. The van der Waals surface area contributed by atoms with Crippen molar-refractivity contribution < 1.29 is 0 Å². The summed E-state index contributed by atoms with van der Waals surface area (Å²) in [5.41, 5.74) is 4.59. The van der Waals surface area contributed by atoms with Crippen molar-refractivity contribution in [1.29, 1.82) is 5.26 Å². The molecule has 0 amide bonds. The molecule has 0 spiro atoms. The maximum absolute atomic E-state index is 9.72. The third-order valence-electron chi connectivity index (χ3n) is 6.30. The zero-order chi connectivity index (χ0) is 15.3. The van der Waals surface area contributed by atoms with Gasteiger partial charge in [-0.05, 0) is 66.5 Å². The van der Waals surface area contributed by atoms with Crippen LogP contribution in [0.5, 0.6) is 0 Å². The first-order valence-corrected chi connectivity index (χ1v) is 8.45. The largest absolute Gasteiger partial charge is 0.198 e. The van der Waals surface area contributed by atoms with Crippen molar-refractivity contribution in [3.63, 3.8) is 0 Å². The van der Waals surface area contributed by atoms with Crippen molar-refractivity contribution in [3.05, 3.63) is 34.9 Å². The molecule has 0 aromatic heterocycles. The van der Waals surface area contributed by atoms with Crippen molar-refractivity contribution in [3.8, 4) is 6.07 Å². The zero-order valence-corrected chi connectivity index (χ0v) is 13.9. The standard InChI is InChI=1S/C20H27N/c1-14(2)15-6-8-17-16(12-15)7-9-18-19(3,13-21)10-5-11-20(17,18)4/h6,8,12,14,18H,5,7,9-11H2,1-4H3/t18-,19-,20+/m0/s1. The number of aryl methyl sites for hydroxylation is 1. The van der Waals surface area contributed by atoms with Gasteiger partial charge in [0.1, 0.15) is 0 Å². The molecule has 0 heterocycles. The van der Waals surface area contributed by atoms with Crippen LogP contribution in [-0.2, 0) is 11.8 Å². The van der Waals surface area contributed by atoms with Crippen LogP contribution in [0.25, 0.3) is 0 Å². The van der Waals surface area contributed by atoms with Crippen LogP contribution in [0.4, 0.5) is 0 Å². The molecule has 112 valence electrons. The van der Waals surface area contributed by atoms with E-state index in [1.54, 1.807) is 5.56 Å². The third-order valence-corrected chi connectivity index (χ3v) is 6.30. The highest BCUT2D eigenvalue weighted by Crippen LogP contribution is 2.57. The van der Waals surface area contributed by atoms with Gasteiger partial charge >= 0.3 is 0 Å². The van der Waals surface area contributed by atoms with Crippen LogP contribution in [0.3, 0.4) is 0 Å². The monoisotopic (exact) mass is 281 g/mol. The van der Waals surface area contributed by atoms with Crippen molar-refractivity contribution in [2.45, 2.75) is 71.1 Å². The molecule has 2 aliphatic carbocycles. The van der Waals surface area contributed by atoms with E-state index in [1.165, 1.54) is 30.4 Å². The molecule has 0 N–H and O–H groups in total. The predicted molar refractivity (Wildman–Crippen MR) is 87.3 cm³/mol. The van der Waals surface area contributed by atoms with Crippen molar-refractivity contribution in [2.24, 2.45) is 11.3 Å². The summed E-state index contributed by atoms with van der Waals surface area (Å²) in [7, 11) is 0. The predicted octanol–water partition coefficient (Wildman–Crippen LogP) is 5.34. The van der Waals surface area contributed by atoms with Gasteiger partial charge in [0.25, 0.3) is 0 Å². The summed E-state index contributed by atoms with van der Waals surface area (Å²) < 4.78 is 0. The molecule has 1 aromatic rings. The normalized spacial score (nSPS) is 35.0. The molecular weight excluding hydrogens is 254 g/mol. The number of fused-ring (bicyclic) bond motifs is 3. The Kier molecular flexibility index (Phi) is 3.40. The van der Waals surface area contributed by atoms with Crippen LogP contribution in [0, 0.1) is 22.7 Å². The quantitative estimate of drug-likeness (QED) is 0.681. The molecule has 21 heavy (non-hydrogen) atoms. The van der Waals surface area contributed by atoms with E-state index in [2.05, 4.69) is 52.0 Å². The molecule has 0 radical (unpaired) electrons. The van der Waals surface area contributed by atoms with E-state index >= 15 is 0 Å². The summed E-state index contributed by atoms with van der Waals surface area (Å²) in [5.74, 6) is 1.11. The van der Waals surface area contributed by atoms with Crippen molar-refractivity contribution in [2.75, 3.05) is 0 Å². The van der Waals surface area contributed by atoms with Gasteiger partial charge in [-0.2, -0.15) is 5.26 Å². The summed E-state index contributed by atoms with van der Waals surface area (Å²) in [5, 5.41) is 9.72. The van der Waals surface area contributed by atoms with Gasteiger partial charge < -0.3 is 0 Å². The Hall–Kier alpha value is -1.29. The van der Waals surface area contributed by atoms with E-state index in [9.17, 15) is 5.26 Å². The molecule has 1 nitrogen and oxygen atoms in total. The fraction of sp³-hybridized carbons (Fsp3) is 0.650. The Morgan fingerprint density at radius 2 is 2.00 bits per heavy atom. The lowest BCUT2D eigenvalue weighted by atomic mass is 9.50. The van der Waals surface area contributed by atoms with E-state index in [0.29, 0.717) is 11.8 Å². The fourth-order valence-corrected chi connectivity index (χ4v) is 5.00. The van der Waals surface area contributed by atoms with Gasteiger partial charge in [0.15, 0.2) is 0 Å². The van der Waals surface area contributed by atoms with Gasteiger partial charge in [0.05, 0.1) is 11.5 Å². The third kappa shape index (κ3) is 2.11. The molecule has 0 aliphatic heterocycles. The number of nitriles is 1. The SMILES string of the molecule is CC(C)c1ccc2c(c1)CC[C@H]1[C@](C)(C#N)CCC[C@]21C. The first-order chi connectivity index (χ1) is 9.90. The van der Waals surface area contributed by atoms with Crippen LogP contribution in [-0.4, -0.2) is 0 Å². The average Bonchev–Trinajstić information content (AvgIpc) is 2.46. The van der Waals surface area contributed by atoms with Crippen LogP contribution in [0.1, 0.15) is 76.0 Å².